The molecule has 0 aliphatic heterocycles. The quantitative estimate of drug-likeness (QED) is 0.397. The second kappa shape index (κ2) is 9.41. The molecule has 7 heteroatoms. The number of aromatic nitrogens is 1. The topological polar surface area (TPSA) is 66.1 Å². The molecule has 0 atom stereocenters. The highest BCUT2D eigenvalue weighted by molar-refractivity contribution is 7.80. The predicted octanol–water partition coefficient (Wildman–Crippen LogP) is 5.00. The summed E-state index contributed by atoms with van der Waals surface area (Å²) in [6.07, 6.45) is 5.90. The minimum Gasteiger partial charge on any atom is -0.359 e. The summed E-state index contributed by atoms with van der Waals surface area (Å²) in [5, 5.41) is 5.06. The van der Waals surface area contributed by atoms with Crippen molar-refractivity contribution < 1.29 is 4.79 Å². The second-order valence-corrected chi connectivity index (χ2v) is 8.26. The molecule has 1 aliphatic rings. The number of para-hydroxylation sites is 1. The van der Waals surface area contributed by atoms with Crippen LogP contribution in [0, 0.1) is 0 Å². The maximum absolute atomic E-state index is 13.0. The van der Waals surface area contributed by atoms with E-state index in [1.54, 1.807) is 6.07 Å². The van der Waals surface area contributed by atoms with Gasteiger partial charge in [0.25, 0.3) is 5.91 Å². The summed E-state index contributed by atoms with van der Waals surface area (Å²) in [6, 6.07) is 17.1. The number of nitrogens with zero attached hydrogens (tertiary/aromatic N) is 1. The van der Waals surface area contributed by atoms with Crippen LogP contribution in [0.1, 0.15) is 42.5 Å². The van der Waals surface area contributed by atoms with Crippen molar-refractivity contribution in [2.45, 2.75) is 38.1 Å². The number of carbonyl (C=O) groups is 1. The highest BCUT2D eigenvalue weighted by Crippen LogP contribution is 2.29. The molecule has 1 aliphatic carbocycles. The number of rotatable bonds is 3. The fraction of sp³-hybridized carbons (Fsp3) is 0.261. The van der Waals surface area contributed by atoms with Gasteiger partial charge in [-0.1, -0.05) is 67.3 Å². The molecule has 2 aromatic carbocycles. The van der Waals surface area contributed by atoms with E-state index in [1.807, 2.05) is 48.5 Å². The third-order valence-corrected chi connectivity index (χ3v) is 5.89. The minimum absolute atomic E-state index is 0.283. The largest absolute Gasteiger partial charge is 0.359 e. The number of hydrogen-bond acceptors (Lipinski definition) is 3. The van der Waals surface area contributed by atoms with Crippen LogP contribution in [0.25, 0.3) is 22.2 Å². The standard InChI is InChI=1S/C23H23ClN4OS/c24-19-12-6-4-11-17(19)21-14-18(16-10-5-7-13-20(16)26-21)22(29)27-28-23(30)25-15-8-2-1-3-9-15/h4-7,10-15H,1-3,8-9H2,(H,27,29)(H2,25,28,30). The van der Waals surface area contributed by atoms with Crippen LogP contribution >= 0.6 is 23.8 Å². The fourth-order valence-electron chi connectivity index (χ4n) is 3.82. The average Bonchev–Trinajstić information content (AvgIpc) is 2.78. The summed E-state index contributed by atoms with van der Waals surface area (Å²) in [5.74, 6) is -0.283. The number of fused-ring (bicyclic) bond motifs is 1. The Hall–Kier alpha value is -2.70. The van der Waals surface area contributed by atoms with E-state index in [0.717, 1.165) is 29.3 Å². The van der Waals surface area contributed by atoms with Gasteiger partial charge in [-0.3, -0.25) is 15.6 Å². The van der Waals surface area contributed by atoms with Crippen LogP contribution in [-0.4, -0.2) is 22.0 Å². The first-order chi connectivity index (χ1) is 14.6. The fourth-order valence-corrected chi connectivity index (χ4v) is 4.27. The Labute approximate surface area is 186 Å². The first-order valence-electron chi connectivity index (χ1n) is 10.1. The van der Waals surface area contributed by atoms with E-state index in [0.29, 0.717) is 27.4 Å². The molecule has 1 heterocycles. The Kier molecular flexibility index (Phi) is 6.45. The molecule has 3 aromatic rings. The molecule has 0 unspecified atom stereocenters. The zero-order chi connectivity index (χ0) is 20.9. The van der Waals surface area contributed by atoms with E-state index in [1.165, 1.54) is 19.3 Å². The molecule has 0 spiro atoms. The normalized spacial score (nSPS) is 14.3. The molecule has 1 fully saturated rings. The van der Waals surface area contributed by atoms with Crippen molar-refractivity contribution in [3.8, 4) is 11.3 Å². The molecule has 30 heavy (non-hydrogen) atoms. The van der Waals surface area contributed by atoms with Gasteiger partial charge in [-0.15, -0.1) is 0 Å². The summed E-state index contributed by atoms with van der Waals surface area (Å²) in [6.45, 7) is 0. The van der Waals surface area contributed by atoms with Gasteiger partial charge in [-0.25, -0.2) is 4.98 Å². The molecule has 4 rings (SSSR count). The number of nitrogens with one attached hydrogen (secondary N) is 3. The van der Waals surface area contributed by atoms with Gasteiger partial charge in [-0.05, 0) is 43.3 Å². The van der Waals surface area contributed by atoms with Crippen LogP contribution in [0.5, 0.6) is 0 Å². The lowest BCUT2D eigenvalue weighted by Gasteiger charge is -2.24. The third-order valence-electron chi connectivity index (χ3n) is 5.34. The lowest BCUT2D eigenvalue weighted by Crippen LogP contribution is -2.50. The number of hydrazine groups is 1. The molecular formula is C23H23ClN4OS. The Morgan fingerprint density at radius 2 is 1.73 bits per heavy atom. The van der Waals surface area contributed by atoms with Gasteiger partial charge < -0.3 is 5.32 Å². The average molecular weight is 439 g/mol. The smallest absolute Gasteiger partial charge is 0.270 e. The Morgan fingerprint density at radius 3 is 2.53 bits per heavy atom. The molecule has 5 nitrogen and oxygen atoms in total. The number of carbonyl (C=O) groups excluding carboxylic acids is 1. The zero-order valence-electron chi connectivity index (χ0n) is 16.5. The molecule has 0 bridgehead atoms. The number of hydrogen-bond donors (Lipinski definition) is 3. The van der Waals surface area contributed by atoms with Gasteiger partial charge in [0, 0.05) is 22.0 Å². The zero-order valence-corrected chi connectivity index (χ0v) is 18.0. The van der Waals surface area contributed by atoms with Crippen LogP contribution in [0.4, 0.5) is 0 Å². The lowest BCUT2D eigenvalue weighted by molar-refractivity contribution is 0.0945. The summed E-state index contributed by atoms with van der Waals surface area (Å²) in [4.78, 5) is 17.7. The monoisotopic (exact) mass is 438 g/mol. The minimum atomic E-state index is -0.283. The molecule has 0 radical (unpaired) electrons. The Bertz CT molecular complexity index is 1080. The van der Waals surface area contributed by atoms with E-state index in [4.69, 9.17) is 28.8 Å². The highest BCUT2D eigenvalue weighted by Gasteiger charge is 2.17. The Balaban J connectivity index is 1.55. The van der Waals surface area contributed by atoms with Crippen LogP contribution in [0.2, 0.25) is 5.02 Å². The number of benzene rings is 2. The summed E-state index contributed by atoms with van der Waals surface area (Å²) < 4.78 is 0. The van der Waals surface area contributed by atoms with Crippen molar-refractivity contribution in [2.75, 3.05) is 0 Å². The Morgan fingerprint density at radius 1 is 1.00 bits per heavy atom. The van der Waals surface area contributed by atoms with Gasteiger partial charge >= 0.3 is 0 Å². The molecule has 154 valence electrons. The van der Waals surface area contributed by atoms with Crippen molar-refractivity contribution in [3.63, 3.8) is 0 Å². The van der Waals surface area contributed by atoms with E-state index in [2.05, 4.69) is 16.2 Å². The van der Waals surface area contributed by atoms with Crippen LogP contribution < -0.4 is 16.2 Å². The molecule has 1 amide bonds. The highest BCUT2D eigenvalue weighted by atomic mass is 35.5. The van der Waals surface area contributed by atoms with Gasteiger partial charge in [-0.2, -0.15) is 0 Å². The van der Waals surface area contributed by atoms with Crippen LogP contribution in [-0.2, 0) is 0 Å². The molecule has 0 saturated heterocycles. The molecule has 3 N–H and O–H groups in total. The van der Waals surface area contributed by atoms with E-state index < -0.39 is 0 Å². The number of halogens is 1. The number of amides is 1. The summed E-state index contributed by atoms with van der Waals surface area (Å²) >= 11 is 11.7. The van der Waals surface area contributed by atoms with Crippen molar-refractivity contribution >= 4 is 45.7 Å². The lowest BCUT2D eigenvalue weighted by atomic mass is 9.96. The first kappa shape index (κ1) is 20.6. The summed E-state index contributed by atoms with van der Waals surface area (Å²) in [7, 11) is 0. The SMILES string of the molecule is O=C(NNC(=S)NC1CCCCC1)c1cc(-c2ccccc2Cl)nc2ccccc12. The van der Waals surface area contributed by atoms with E-state index in [-0.39, 0.29) is 5.91 Å². The van der Waals surface area contributed by atoms with Gasteiger partial charge in [0.05, 0.1) is 16.8 Å². The second-order valence-electron chi connectivity index (χ2n) is 7.44. The first-order valence-corrected chi connectivity index (χ1v) is 10.9. The maximum atomic E-state index is 13.0. The number of thiocarbonyl (C=S) groups is 1. The van der Waals surface area contributed by atoms with Crippen molar-refractivity contribution in [1.29, 1.82) is 0 Å². The molecule has 1 aromatic heterocycles. The number of pyridine rings is 1. The van der Waals surface area contributed by atoms with Crippen LogP contribution in [0.3, 0.4) is 0 Å². The van der Waals surface area contributed by atoms with E-state index in [9.17, 15) is 4.79 Å². The predicted molar refractivity (Wildman–Crippen MR) is 125 cm³/mol. The molecular weight excluding hydrogens is 416 g/mol. The van der Waals surface area contributed by atoms with Crippen molar-refractivity contribution in [2.24, 2.45) is 0 Å². The van der Waals surface area contributed by atoms with E-state index >= 15 is 0 Å². The van der Waals surface area contributed by atoms with Crippen molar-refractivity contribution in [3.05, 3.63) is 65.2 Å². The maximum Gasteiger partial charge on any atom is 0.270 e. The molecule has 1 saturated carbocycles. The third kappa shape index (κ3) is 4.71. The van der Waals surface area contributed by atoms with Crippen LogP contribution in [0.15, 0.2) is 54.6 Å². The summed E-state index contributed by atoms with van der Waals surface area (Å²) in [5.41, 5.74) is 8.21. The van der Waals surface area contributed by atoms with Gasteiger partial charge in [0.1, 0.15) is 0 Å². The van der Waals surface area contributed by atoms with Gasteiger partial charge in [0.2, 0.25) is 0 Å². The van der Waals surface area contributed by atoms with Gasteiger partial charge in [0.15, 0.2) is 5.11 Å². The van der Waals surface area contributed by atoms with Crippen molar-refractivity contribution in [1.82, 2.24) is 21.2 Å².